The number of rotatable bonds is 5. The molecule has 1 aliphatic heterocycles. The van der Waals surface area contributed by atoms with Gasteiger partial charge in [0.1, 0.15) is 5.82 Å². The van der Waals surface area contributed by atoms with Gasteiger partial charge in [-0.15, -0.1) is 0 Å². The average Bonchev–Trinajstić information content (AvgIpc) is 2.77. The minimum atomic E-state index is -0.164. The molecule has 2 atom stereocenters. The summed E-state index contributed by atoms with van der Waals surface area (Å²) < 4.78 is 18.4. The molecule has 1 aliphatic rings. The van der Waals surface area contributed by atoms with Crippen molar-refractivity contribution in [2.24, 2.45) is 5.73 Å². The number of hydrogen-bond acceptors (Lipinski definition) is 3. The first kappa shape index (κ1) is 14.4. The van der Waals surface area contributed by atoms with Gasteiger partial charge < -0.3 is 10.5 Å². The standard InChI is InChI=1S/C15H23FN2O/c1-3-11-8-12(16)4-5-13(11)14-9-18(6-7-19-2)10-15(14)17/h4-5,8,14-15H,3,6-7,9-10,17H2,1-2H3. The summed E-state index contributed by atoms with van der Waals surface area (Å²) in [5.74, 6) is 0.135. The van der Waals surface area contributed by atoms with Gasteiger partial charge in [0.2, 0.25) is 0 Å². The van der Waals surface area contributed by atoms with Crippen molar-refractivity contribution >= 4 is 0 Å². The normalized spacial score (nSPS) is 24.0. The summed E-state index contributed by atoms with van der Waals surface area (Å²) in [6, 6.07) is 5.20. The lowest BCUT2D eigenvalue weighted by atomic mass is 9.90. The van der Waals surface area contributed by atoms with E-state index in [9.17, 15) is 4.39 Å². The van der Waals surface area contributed by atoms with Crippen LogP contribution in [0.2, 0.25) is 0 Å². The molecule has 2 N–H and O–H groups in total. The lowest BCUT2D eigenvalue weighted by molar-refractivity contribution is 0.160. The van der Waals surface area contributed by atoms with Gasteiger partial charge in [0, 0.05) is 38.7 Å². The van der Waals surface area contributed by atoms with E-state index in [0.717, 1.165) is 38.2 Å². The molecular formula is C15H23FN2O. The Kier molecular flexibility index (Phi) is 4.91. The third-order valence-electron chi connectivity index (χ3n) is 3.94. The van der Waals surface area contributed by atoms with Crippen LogP contribution in [0.4, 0.5) is 4.39 Å². The summed E-state index contributed by atoms with van der Waals surface area (Å²) >= 11 is 0. The Morgan fingerprint density at radius 3 is 2.89 bits per heavy atom. The first-order valence-corrected chi connectivity index (χ1v) is 6.91. The molecule has 2 rings (SSSR count). The molecule has 1 heterocycles. The molecule has 3 nitrogen and oxygen atoms in total. The number of nitrogens with zero attached hydrogens (tertiary/aromatic N) is 1. The average molecular weight is 266 g/mol. The molecule has 1 saturated heterocycles. The van der Waals surface area contributed by atoms with E-state index in [-0.39, 0.29) is 11.9 Å². The summed E-state index contributed by atoms with van der Waals surface area (Å²) in [5.41, 5.74) is 8.54. The van der Waals surface area contributed by atoms with E-state index in [0.29, 0.717) is 5.92 Å². The molecule has 0 bridgehead atoms. The topological polar surface area (TPSA) is 38.5 Å². The number of aryl methyl sites for hydroxylation is 1. The number of hydrogen-bond donors (Lipinski definition) is 1. The van der Waals surface area contributed by atoms with Crippen molar-refractivity contribution in [2.75, 3.05) is 33.4 Å². The zero-order chi connectivity index (χ0) is 13.8. The second-order valence-corrected chi connectivity index (χ2v) is 5.22. The summed E-state index contributed by atoms with van der Waals surface area (Å²) in [4.78, 5) is 2.32. The van der Waals surface area contributed by atoms with Crippen molar-refractivity contribution < 1.29 is 9.13 Å². The first-order chi connectivity index (χ1) is 9.15. The van der Waals surface area contributed by atoms with Crippen LogP contribution in [0.5, 0.6) is 0 Å². The monoisotopic (exact) mass is 266 g/mol. The van der Waals surface area contributed by atoms with Crippen molar-refractivity contribution in [3.8, 4) is 0 Å². The second kappa shape index (κ2) is 6.46. The third kappa shape index (κ3) is 3.32. The molecule has 0 saturated carbocycles. The van der Waals surface area contributed by atoms with Gasteiger partial charge in [0.05, 0.1) is 6.61 Å². The Balaban J connectivity index is 2.13. The molecule has 1 aromatic rings. The number of benzene rings is 1. The summed E-state index contributed by atoms with van der Waals surface area (Å²) in [6.45, 7) is 5.51. The predicted octanol–water partition coefficient (Wildman–Crippen LogP) is 1.76. The van der Waals surface area contributed by atoms with Gasteiger partial charge >= 0.3 is 0 Å². The number of ether oxygens (including phenoxy) is 1. The van der Waals surface area contributed by atoms with Crippen molar-refractivity contribution in [1.29, 1.82) is 0 Å². The van der Waals surface area contributed by atoms with Crippen LogP contribution >= 0.6 is 0 Å². The summed E-state index contributed by atoms with van der Waals surface area (Å²) in [5, 5.41) is 0. The van der Waals surface area contributed by atoms with Gasteiger partial charge in [-0.3, -0.25) is 4.90 Å². The number of likely N-dealkylation sites (tertiary alicyclic amines) is 1. The van der Waals surface area contributed by atoms with Crippen LogP contribution in [0.25, 0.3) is 0 Å². The van der Waals surface area contributed by atoms with Gasteiger partial charge in [0.15, 0.2) is 0 Å². The minimum absolute atomic E-state index is 0.118. The van der Waals surface area contributed by atoms with E-state index in [2.05, 4.69) is 11.8 Å². The molecule has 0 amide bonds. The van der Waals surface area contributed by atoms with Gasteiger partial charge in [-0.2, -0.15) is 0 Å². The van der Waals surface area contributed by atoms with Gasteiger partial charge in [-0.25, -0.2) is 4.39 Å². The van der Waals surface area contributed by atoms with Crippen molar-refractivity contribution in [2.45, 2.75) is 25.3 Å². The van der Waals surface area contributed by atoms with Gasteiger partial charge in [0.25, 0.3) is 0 Å². The van der Waals surface area contributed by atoms with Crippen LogP contribution in [0.15, 0.2) is 18.2 Å². The van der Waals surface area contributed by atoms with Crippen molar-refractivity contribution in [1.82, 2.24) is 4.90 Å². The molecule has 4 heteroatoms. The van der Waals surface area contributed by atoms with Crippen LogP contribution in [-0.2, 0) is 11.2 Å². The molecule has 19 heavy (non-hydrogen) atoms. The highest BCUT2D eigenvalue weighted by atomic mass is 19.1. The second-order valence-electron chi connectivity index (χ2n) is 5.22. The zero-order valence-corrected chi connectivity index (χ0v) is 11.7. The lowest BCUT2D eigenvalue weighted by Crippen LogP contribution is -2.30. The predicted molar refractivity (Wildman–Crippen MR) is 74.8 cm³/mol. The fourth-order valence-corrected chi connectivity index (χ4v) is 2.89. The molecule has 1 aromatic carbocycles. The Labute approximate surface area is 114 Å². The molecule has 1 fully saturated rings. The Hall–Kier alpha value is -0.970. The third-order valence-corrected chi connectivity index (χ3v) is 3.94. The maximum absolute atomic E-state index is 13.3. The van der Waals surface area contributed by atoms with Gasteiger partial charge in [-0.05, 0) is 29.7 Å². The summed E-state index contributed by atoms with van der Waals surface area (Å²) in [7, 11) is 1.71. The van der Waals surface area contributed by atoms with E-state index >= 15 is 0 Å². The molecule has 0 spiro atoms. The highest BCUT2D eigenvalue weighted by Gasteiger charge is 2.32. The number of halogens is 1. The lowest BCUT2D eigenvalue weighted by Gasteiger charge is -2.19. The molecule has 106 valence electrons. The number of methoxy groups -OCH3 is 1. The molecule has 0 aromatic heterocycles. The fourth-order valence-electron chi connectivity index (χ4n) is 2.89. The van der Waals surface area contributed by atoms with E-state index in [1.165, 1.54) is 5.56 Å². The smallest absolute Gasteiger partial charge is 0.123 e. The quantitative estimate of drug-likeness (QED) is 0.882. The molecular weight excluding hydrogens is 243 g/mol. The van der Waals surface area contributed by atoms with Gasteiger partial charge in [-0.1, -0.05) is 13.0 Å². The maximum Gasteiger partial charge on any atom is 0.123 e. The molecule has 2 unspecified atom stereocenters. The maximum atomic E-state index is 13.3. The van der Waals surface area contributed by atoms with Crippen LogP contribution in [-0.4, -0.2) is 44.3 Å². The molecule has 0 radical (unpaired) electrons. The van der Waals surface area contributed by atoms with E-state index in [4.69, 9.17) is 10.5 Å². The van der Waals surface area contributed by atoms with Crippen molar-refractivity contribution in [3.05, 3.63) is 35.1 Å². The van der Waals surface area contributed by atoms with Crippen LogP contribution in [0.1, 0.15) is 24.0 Å². The molecule has 0 aliphatic carbocycles. The zero-order valence-electron chi connectivity index (χ0n) is 11.7. The fraction of sp³-hybridized carbons (Fsp3) is 0.600. The Bertz CT molecular complexity index is 425. The van der Waals surface area contributed by atoms with E-state index in [1.807, 2.05) is 6.07 Å². The highest BCUT2D eigenvalue weighted by Crippen LogP contribution is 2.29. The summed E-state index contributed by atoms with van der Waals surface area (Å²) in [6.07, 6.45) is 0.842. The minimum Gasteiger partial charge on any atom is -0.383 e. The Morgan fingerprint density at radius 1 is 1.42 bits per heavy atom. The SMILES string of the molecule is CCc1cc(F)ccc1C1CN(CCOC)CC1N. The van der Waals surface area contributed by atoms with Crippen LogP contribution in [0.3, 0.4) is 0 Å². The largest absolute Gasteiger partial charge is 0.383 e. The highest BCUT2D eigenvalue weighted by molar-refractivity contribution is 5.33. The Morgan fingerprint density at radius 2 is 2.21 bits per heavy atom. The van der Waals surface area contributed by atoms with Crippen LogP contribution < -0.4 is 5.73 Å². The first-order valence-electron chi connectivity index (χ1n) is 6.91. The van der Waals surface area contributed by atoms with E-state index < -0.39 is 0 Å². The number of nitrogens with two attached hydrogens (primary N) is 1. The van der Waals surface area contributed by atoms with E-state index in [1.54, 1.807) is 19.2 Å². The van der Waals surface area contributed by atoms with Crippen molar-refractivity contribution in [3.63, 3.8) is 0 Å². The van der Waals surface area contributed by atoms with Crippen LogP contribution in [0, 0.1) is 5.82 Å².